The maximum absolute atomic E-state index is 12.3. The lowest BCUT2D eigenvalue weighted by Crippen LogP contribution is -2.06. The first-order valence-electron chi connectivity index (χ1n) is 4.37. The predicted molar refractivity (Wildman–Crippen MR) is 52.9 cm³/mol. The molecule has 2 nitrogen and oxygen atoms in total. The summed E-state index contributed by atoms with van der Waals surface area (Å²) in [6.07, 6.45) is -4.38. The van der Waals surface area contributed by atoms with Gasteiger partial charge in [0.05, 0.1) is 22.4 Å². The van der Waals surface area contributed by atoms with E-state index in [0.717, 1.165) is 12.1 Å². The fraction of sp³-hybridized carbons (Fsp3) is 0.300. The van der Waals surface area contributed by atoms with Crippen LogP contribution in [-0.2, 0) is 17.0 Å². The van der Waals surface area contributed by atoms with Crippen molar-refractivity contribution < 1.29 is 17.4 Å². The van der Waals surface area contributed by atoms with Crippen LogP contribution in [0.3, 0.4) is 0 Å². The van der Waals surface area contributed by atoms with Crippen molar-refractivity contribution >= 4 is 10.8 Å². The van der Waals surface area contributed by atoms with E-state index in [1.807, 2.05) is 0 Å². The van der Waals surface area contributed by atoms with Crippen molar-refractivity contribution in [1.82, 2.24) is 0 Å². The quantitative estimate of drug-likeness (QED) is 0.824. The van der Waals surface area contributed by atoms with Gasteiger partial charge in [0.25, 0.3) is 0 Å². The molecule has 0 fully saturated rings. The zero-order valence-corrected chi connectivity index (χ0v) is 8.94. The summed E-state index contributed by atoms with van der Waals surface area (Å²) in [6.45, 7) is 0. The molecule has 0 saturated carbocycles. The van der Waals surface area contributed by atoms with E-state index in [9.17, 15) is 17.4 Å². The maximum Gasteiger partial charge on any atom is 0.416 e. The number of alkyl halides is 3. The molecule has 0 aliphatic rings. The van der Waals surface area contributed by atoms with E-state index >= 15 is 0 Å². The van der Waals surface area contributed by atoms with Gasteiger partial charge in [-0.1, -0.05) is 6.07 Å². The van der Waals surface area contributed by atoms with E-state index < -0.39 is 22.5 Å². The first kappa shape index (κ1) is 12.7. The van der Waals surface area contributed by atoms with Gasteiger partial charge in [0.2, 0.25) is 0 Å². The van der Waals surface area contributed by atoms with Crippen molar-refractivity contribution in [3.8, 4) is 6.07 Å². The van der Waals surface area contributed by atoms with E-state index in [4.69, 9.17) is 5.26 Å². The molecule has 1 atom stereocenters. The summed E-state index contributed by atoms with van der Waals surface area (Å²) in [5.41, 5.74) is -0.824. The fourth-order valence-electron chi connectivity index (χ4n) is 1.07. The van der Waals surface area contributed by atoms with Crippen LogP contribution in [0.25, 0.3) is 0 Å². The lowest BCUT2D eigenvalue weighted by atomic mass is 10.2. The van der Waals surface area contributed by atoms with E-state index in [1.54, 1.807) is 6.07 Å². The highest BCUT2D eigenvalue weighted by atomic mass is 32.2. The Balaban J connectivity index is 2.91. The Labute approximate surface area is 93.2 Å². The minimum atomic E-state index is -4.44. The molecular formula is C10H8F3NOS. The van der Waals surface area contributed by atoms with Gasteiger partial charge >= 0.3 is 6.18 Å². The van der Waals surface area contributed by atoms with E-state index in [-0.39, 0.29) is 17.1 Å². The molecule has 0 bridgehead atoms. The van der Waals surface area contributed by atoms with Crippen LogP contribution in [-0.4, -0.2) is 9.96 Å². The summed E-state index contributed by atoms with van der Waals surface area (Å²) >= 11 is 0. The lowest BCUT2D eigenvalue weighted by Gasteiger charge is -2.07. The summed E-state index contributed by atoms with van der Waals surface area (Å²) < 4.78 is 48.5. The normalized spacial score (nSPS) is 13.1. The van der Waals surface area contributed by atoms with Crippen molar-refractivity contribution in [3.63, 3.8) is 0 Å². The molecule has 0 heterocycles. The zero-order valence-electron chi connectivity index (χ0n) is 8.12. The minimum Gasteiger partial charge on any atom is -0.254 e. The Bertz CT molecular complexity index is 436. The SMILES string of the molecule is N#CCCS(=O)c1cccc(C(F)(F)F)c1. The molecule has 1 aromatic carbocycles. The van der Waals surface area contributed by atoms with Crippen molar-refractivity contribution in [2.45, 2.75) is 17.5 Å². The molecule has 1 unspecified atom stereocenters. The number of rotatable bonds is 3. The van der Waals surface area contributed by atoms with Gasteiger partial charge in [-0.15, -0.1) is 0 Å². The number of hydrogen-bond acceptors (Lipinski definition) is 2. The first-order valence-corrected chi connectivity index (χ1v) is 5.69. The Morgan fingerprint density at radius 3 is 2.62 bits per heavy atom. The standard InChI is InChI=1S/C10H8F3NOS/c11-10(12,13)8-3-1-4-9(7-8)16(15)6-2-5-14/h1,3-4,7H,2,6H2. The van der Waals surface area contributed by atoms with Crippen molar-refractivity contribution in [1.29, 1.82) is 5.26 Å². The lowest BCUT2D eigenvalue weighted by molar-refractivity contribution is -0.137. The van der Waals surface area contributed by atoms with Crippen molar-refractivity contribution in [3.05, 3.63) is 29.8 Å². The van der Waals surface area contributed by atoms with Gasteiger partial charge in [0, 0.05) is 17.1 Å². The van der Waals surface area contributed by atoms with Crippen LogP contribution in [0.2, 0.25) is 0 Å². The third-order valence-electron chi connectivity index (χ3n) is 1.82. The molecule has 0 saturated heterocycles. The molecule has 6 heteroatoms. The number of benzene rings is 1. The number of hydrogen-bond donors (Lipinski definition) is 0. The second-order valence-corrected chi connectivity index (χ2v) is 4.55. The molecule has 0 amide bonds. The molecule has 1 aromatic rings. The maximum atomic E-state index is 12.3. The molecule has 0 aromatic heterocycles. The number of nitriles is 1. The Hall–Kier alpha value is -1.35. The van der Waals surface area contributed by atoms with Crippen LogP contribution in [0.5, 0.6) is 0 Å². The highest BCUT2D eigenvalue weighted by molar-refractivity contribution is 7.85. The van der Waals surface area contributed by atoms with Gasteiger partial charge in [0.1, 0.15) is 0 Å². The van der Waals surface area contributed by atoms with Crippen LogP contribution in [0.15, 0.2) is 29.2 Å². The fourth-order valence-corrected chi connectivity index (χ4v) is 2.07. The van der Waals surface area contributed by atoms with E-state index in [0.29, 0.717) is 0 Å². The predicted octanol–water partition coefficient (Wildman–Crippen LogP) is 2.73. The first-order chi connectivity index (χ1) is 7.45. The third-order valence-corrected chi connectivity index (χ3v) is 3.18. The van der Waals surface area contributed by atoms with Crippen molar-refractivity contribution in [2.75, 3.05) is 5.75 Å². The Morgan fingerprint density at radius 2 is 2.06 bits per heavy atom. The average Bonchev–Trinajstić information content (AvgIpc) is 2.25. The van der Waals surface area contributed by atoms with Gasteiger partial charge in [-0.25, -0.2) is 0 Å². The second kappa shape index (κ2) is 5.12. The number of nitrogens with zero attached hydrogens (tertiary/aromatic N) is 1. The molecule has 1 rings (SSSR count). The summed E-state index contributed by atoms with van der Waals surface area (Å²) in [5.74, 6) is 0.0534. The van der Waals surface area contributed by atoms with E-state index in [2.05, 4.69) is 0 Å². The topological polar surface area (TPSA) is 40.9 Å². The average molecular weight is 247 g/mol. The molecule has 0 N–H and O–H groups in total. The minimum absolute atomic E-state index is 0.0534. The van der Waals surface area contributed by atoms with Crippen LogP contribution < -0.4 is 0 Å². The highest BCUT2D eigenvalue weighted by Crippen LogP contribution is 2.30. The number of halogens is 3. The van der Waals surface area contributed by atoms with Gasteiger partial charge in [-0.2, -0.15) is 18.4 Å². The second-order valence-electron chi connectivity index (χ2n) is 2.98. The van der Waals surface area contributed by atoms with Crippen LogP contribution in [0.1, 0.15) is 12.0 Å². The molecule has 0 radical (unpaired) electrons. The Kier molecular flexibility index (Phi) is 4.07. The van der Waals surface area contributed by atoms with Gasteiger partial charge in [-0.05, 0) is 18.2 Å². The molecule has 0 aliphatic heterocycles. The summed E-state index contributed by atoms with van der Waals surface area (Å²) in [7, 11) is -1.55. The zero-order chi connectivity index (χ0) is 12.2. The van der Waals surface area contributed by atoms with Gasteiger partial charge in [-0.3, -0.25) is 4.21 Å². The third kappa shape index (κ3) is 3.35. The molecule has 86 valence electrons. The molecule has 0 aliphatic carbocycles. The van der Waals surface area contributed by atoms with Gasteiger partial charge < -0.3 is 0 Å². The smallest absolute Gasteiger partial charge is 0.254 e. The Morgan fingerprint density at radius 1 is 1.38 bits per heavy atom. The largest absolute Gasteiger partial charge is 0.416 e. The summed E-state index contributed by atoms with van der Waals surface area (Å²) in [5, 5.41) is 8.28. The van der Waals surface area contributed by atoms with Crippen molar-refractivity contribution in [2.24, 2.45) is 0 Å². The van der Waals surface area contributed by atoms with Crippen LogP contribution in [0.4, 0.5) is 13.2 Å². The van der Waals surface area contributed by atoms with Crippen LogP contribution >= 0.6 is 0 Å². The summed E-state index contributed by atoms with van der Waals surface area (Å²) in [6, 6.07) is 6.15. The molecule has 0 spiro atoms. The monoisotopic (exact) mass is 247 g/mol. The van der Waals surface area contributed by atoms with E-state index in [1.165, 1.54) is 12.1 Å². The molecular weight excluding hydrogens is 239 g/mol. The van der Waals surface area contributed by atoms with Crippen LogP contribution in [0, 0.1) is 11.3 Å². The summed E-state index contributed by atoms with van der Waals surface area (Å²) in [4.78, 5) is 0.102. The van der Waals surface area contributed by atoms with Gasteiger partial charge in [0.15, 0.2) is 0 Å². The molecule has 16 heavy (non-hydrogen) atoms. The highest BCUT2D eigenvalue weighted by Gasteiger charge is 2.30.